The molecule has 3 unspecified atom stereocenters. The van der Waals surface area contributed by atoms with Crippen molar-refractivity contribution in [2.45, 2.75) is 65.7 Å². The fraction of sp³-hybridized carbons (Fsp3) is 1.00. The Balaban J connectivity index is 1.91. The molecule has 0 aromatic carbocycles. The lowest BCUT2D eigenvalue weighted by Crippen LogP contribution is -2.30. The Morgan fingerprint density at radius 3 is 2.50 bits per heavy atom. The highest BCUT2D eigenvalue weighted by atomic mass is 14.6. The first-order chi connectivity index (χ1) is 6.66. The second kappa shape index (κ2) is 3.87. The van der Waals surface area contributed by atoms with Gasteiger partial charge in [-0.05, 0) is 48.9 Å². The van der Waals surface area contributed by atoms with Crippen LogP contribution < -0.4 is 0 Å². The van der Waals surface area contributed by atoms with E-state index in [0.29, 0.717) is 5.41 Å². The molecule has 2 aliphatic rings. The molecule has 0 N–H and O–H groups in total. The van der Waals surface area contributed by atoms with Gasteiger partial charge in [-0.1, -0.05) is 40.0 Å². The highest BCUT2D eigenvalue weighted by molar-refractivity contribution is 5.01. The van der Waals surface area contributed by atoms with Gasteiger partial charge < -0.3 is 0 Å². The molecule has 0 aromatic rings. The molecule has 0 heterocycles. The Morgan fingerprint density at radius 1 is 1.14 bits per heavy atom. The van der Waals surface area contributed by atoms with Gasteiger partial charge in [0.2, 0.25) is 0 Å². The van der Waals surface area contributed by atoms with Crippen LogP contribution in [-0.2, 0) is 0 Å². The van der Waals surface area contributed by atoms with Crippen molar-refractivity contribution in [3.63, 3.8) is 0 Å². The molecule has 0 aromatic heterocycles. The average molecular weight is 194 g/mol. The molecule has 0 nitrogen and oxygen atoms in total. The highest BCUT2D eigenvalue weighted by Crippen LogP contribution is 2.60. The minimum absolute atomic E-state index is 0.677. The summed E-state index contributed by atoms with van der Waals surface area (Å²) in [7, 11) is 0. The van der Waals surface area contributed by atoms with Crippen LogP contribution in [0.2, 0.25) is 0 Å². The molecule has 0 amide bonds. The Bertz CT molecular complexity index is 192. The van der Waals surface area contributed by atoms with Crippen LogP contribution in [0.15, 0.2) is 0 Å². The van der Waals surface area contributed by atoms with Gasteiger partial charge in [0.05, 0.1) is 0 Å². The van der Waals surface area contributed by atoms with Crippen LogP contribution in [0, 0.1) is 23.2 Å². The molecule has 2 aliphatic carbocycles. The number of rotatable bonds is 4. The van der Waals surface area contributed by atoms with Crippen molar-refractivity contribution < 1.29 is 0 Å². The maximum absolute atomic E-state index is 2.54. The van der Waals surface area contributed by atoms with E-state index in [4.69, 9.17) is 0 Å². The zero-order chi connectivity index (χ0) is 10.2. The lowest BCUT2D eigenvalue weighted by molar-refractivity contribution is 0.112. The van der Waals surface area contributed by atoms with Gasteiger partial charge in [-0.2, -0.15) is 0 Å². The van der Waals surface area contributed by atoms with E-state index in [-0.39, 0.29) is 0 Å². The molecular weight excluding hydrogens is 168 g/mol. The number of hydrogen-bond donors (Lipinski definition) is 0. The van der Waals surface area contributed by atoms with Crippen molar-refractivity contribution in [3.8, 4) is 0 Å². The predicted octanol–water partition coefficient (Wildman–Crippen LogP) is 4.64. The molecule has 0 saturated heterocycles. The molecule has 0 spiro atoms. The molecule has 3 atom stereocenters. The Morgan fingerprint density at radius 2 is 1.93 bits per heavy atom. The van der Waals surface area contributed by atoms with E-state index in [1.807, 2.05) is 0 Å². The second-order valence-corrected chi connectivity index (χ2v) is 6.19. The van der Waals surface area contributed by atoms with Gasteiger partial charge in [0.1, 0.15) is 0 Å². The summed E-state index contributed by atoms with van der Waals surface area (Å²) in [6.45, 7) is 7.38. The maximum atomic E-state index is 2.54. The van der Waals surface area contributed by atoms with Crippen LogP contribution in [0.4, 0.5) is 0 Å². The Hall–Kier alpha value is 0. The van der Waals surface area contributed by atoms with Gasteiger partial charge in [0, 0.05) is 0 Å². The predicted molar refractivity (Wildman–Crippen MR) is 62.2 cm³/mol. The Labute approximate surface area is 89.5 Å². The summed E-state index contributed by atoms with van der Waals surface area (Å²) in [5, 5.41) is 0. The summed E-state index contributed by atoms with van der Waals surface area (Å²) >= 11 is 0. The van der Waals surface area contributed by atoms with Crippen molar-refractivity contribution in [1.29, 1.82) is 0 Å². The van der Waals surface area contributed by atoms with E-state index < -0.39 is 0 Å². The minimum atomic E-state index is 0.677. The monoisotopic (exact) mass is 194 g/mol. The van der Waals surface area contributed by atoms with Crippen LogP contribution in [0.1, 0.15) is 65.7 Å². The first-order valence-corrected chi connectivity index (χ1v) is 6.66. The van der Waals surface area contributed by atoms with Gasteiger partial charge in [0.15, 0.2) is 0 Å². The fourth-order valence-electron chi connectivity index (χ4n) is 4.19. The van der Waals surface area contributed by atoms with Gasteiger partial charge >= 0.3 is 0 Å². The molecule has 14 heavy (non-hydrogen) atoms. The summed E-state index contributed by atoms with van der Waals surface area (Å²) in [6.07, 6.45) is 10.5. The summed E-state index contributed by atoms with van der Waals surface area (Å²) in [5.41, 5.74) is 0.677. The van der Waals surface area contributed by atoms with E-state index in [1.165, 1.54) is 32.1 Å². The van der Waals surface area contributed by atoms with Gasteiger partial charge in [-0.3, -0.25) is 0 Å². The van der Waals surface area contributed by atoms with Gasteiger partial charge in [-0.25, -0.2) is 0 Å². The molecule has 82 valence electrons. The molecule has 2 saturated carbocycles. The van der Waals surface area contributed by atoms with E-state index in [2.05, 4.69) is 20.8 Å². The van der Waals surface area contributed by atoms with E-state index >= 15 is 0 Å². The van der Waals surface area contributed by atoms with Crippen LogP contribution in [0.25, 0.3) is 0 Å². The van der Waals surface area contributed by atoms with Crippen LogP contribution >= 0.6 is 0 Å². The van der Waals surface area contributed by atoms with E-state index in [9.17, 15) is 0 Å². The summed E-state index contributed by atoms with van der Waals surface area (Å²) in [6, 6.07) is 0. The first kappa shape index (κ1) is 10.5. The topological polar surface area (TPSA) is 0 Å². The van der Waals surface area contributed by atoms with Gasteiger partial charge in [0.25, 0.3) is 0 Å². The summed E-state index contributed by atoms with van der Waals surface area (Å²) in [5.74, 6) is 3.23. The highest BCUT2D eigenvalue weighted by Gasteiger charge is 2.51. The van der Waals surface area contributed by atoms with E-state index in [0.717, 1.165) is 17.8 Å². The maximum Gasteiger partial charge on any atom is -0.0295 e. The average Bonchev–Trinajstić information content (AvgIpc) is 2.67. The minimum Gasteiger partial charge on any atom is -0.0654 e. The largest absolute Gasteiger partial charge is 0.0654 e. The third kappa shape index (κ3) is 1.61. The molecule has 2 fully saturated rings. The quantitative estimate of drug-likeness (QED) is 0.572. The molecule has 0 radical (unpaired) electrons. The third-order valence-electron chi connectivity index (χ3n) is 5.17. The SMILES string of the molecule is CCCCCC1C2CCC(C2)C1(C)C. The Kier molecular flexibility index (Phi) is 2.91. The fourth-order valence-corrected chi connectivity index (χ4v) is 4.19. The molecule has 0 aliphatic heterocycles. The molecule has 2 bridgehead atoms. The third-order valence-corrected chi connectivity index (χ3v) is 5.17. The van der Waals surface area contributed by atoms with E-state index in [1.54, 1.807) is 12.8 Å². The van der Waals surface area contributed by atoms with Crippen molar-refractivity contribution in [2.75, 3.05) is 0 Å². The zero-order valence-corrected chi connectivity index (χ0v) is 10.2. The molecular formula is C14H26. The summed E-state index contributed by atoms with van der Waals surface area (Å²) in [4.78, 5) is 0. The van der Waals surface area contributed by atoms with Crippen LogP contribution in [0.3, 0.4) is 0 Å². The number of unbranched alkanes of at least 4 members (excludes halogenated alkanes) is 2. The van der Waals surface area contributed by atoms with Crippen molar-refractivity contribution in [1.82, 2.24) is 0 Å². The lowest BCUT2D eigenvalue weighted by atomic mass is 9.67. The van der Waals surface area contributed by atoms with Crippen LogP contribution in [-0.4, -0.2) is 0 Å². The van der Waals surface area contributed by atoms with Crippen molar-refractivity contribution in [2.24, 2.45) is 23.2 Å². The smallest absolute Gasteiger partial charge is 0.0295 e. The van der Waals surface area contributed by atoms with Crippen LogP contribution in [0.5, 0.6) is 0 Å². The molecule has 0 heteroatoms. The van der Waals surface area contributed by atoms with Gasteiger partial charge in [-0.15, -0.1) is 0 Å². The summed E-state index contributed by atoms with van der Waals surface area (Å²) < 4.78 is 0. The zero-order valence-electron chi connectivity index (χ0n) is 10.2. The van der Waals surface area contributed by atoms with Crippen molar-refractivity contribution in [3.05, 3.63) is 0 Å². The number of hydrogen-bond acceptors (Lipinski definition) is 0. The number of fused-ring (bicyclic) bond motifs is 2. The lowest BCUT2D eigenvalue weighted by Gasteiger charge is -2.38. The standard InChI is InChI=1S/C14H26/c1-4-5-6-7-13-11-8-9-12(10-11)14(13,2)3/h11-13H,4-10H2,1-3H3. The van der Waals surface area contributed by atoms with Crippen molar-refractivity contribution >= 4 is 0 Å². The second-order valence-electron chi connectivity index (χ2n) is 6.19. The first-order valence-electron chi connectivity index (χ1n) is 6.66. The molecule has 2 rings (SSSR count). The normalized spacial score (nSPS) is 39.2.